The van der Waals surface area contributed by atoms with E-state index in [0.717, 1.165) is 16.6 Å². The first kappa shape index (κ1) is 14.2. The molecule has 0 saturated carbocycles. The van der Waals surface area contributed by atoms with Crippen LogP contribution >= 0.6 is 27.3 Å². The number of hydrogen-bond donors (Lipinski definition) is 2. The van der Waals surface area contributed by atoms with E-state index >= 15 is 0 Å². The molecule has 0 bridgehead atoms. The van der Waals surface area contributed by atoms with Gasteiger partial charge in [0.25, 0.3) is 0 Å². The lowest BCUT2D eigenvalue weighted by Gasteiger charge is -2.31. The molecule has 16 heavy (non-hydrogen) atoms. The van der Waals surface area contributed by atoms with Crippen molar-refractivity contribution in [2.75, 3.05) is 13.2 Å². The Kier molecular flexibility index (Phi) is 5.44. The molecule has 0 radical (unpaired) electrons. The third-order valence-electron chi connectivity index (χ3n) is 2.69. The molecule has 1 aromatic heterocycles. The van der Waals surface area contributed by atoms with Crippen molar-refractivity contribution in [3.8, 4) is 0 Å². The largest absolute Gasteiger partial charge is 0.396 e. The second-order valence-corrected chi connectivity index (χ2v) is 7.34. The number of rotatable bonds is 6. The lowest BCUT2D eigenvalue weighted by atomic mass is 9.78. The molecule has 1 heterocycles. The molecular formula is C12H19BrO2S. The van der Waals surface area contributed by atoms with Crippen LogP contribution in [0.2, 0.25) is 0 Å². The van der Waals surface area contributed by atoms with Crippen molar-refractivity contribution in [2.45, 2.75) is 26.7 Å². The van der Waals surface area contributed by atoms with Crippen LogP contribution in [0.1, 0.15) is 25.1 Å². The molecule has 0 aliphatic heterocycles. The topological polar surface area (TPSA) is 40.5 Å². The van der Waals surface area contributed by atoms with E-state index in [1.807, 2.05) is 6.07 Å². The molecule has 0 aliphatic carbocycles. The first-order chi connectivity index (χ1) is 7.51. The van der Waals surface area contributed by atoms with Gasteiger partial charge in [-0.3, -0.25) is 0 Å². The van der Waals surface area contributed by atoms with Gasteiger partial charge < -0.3 is 10.2 Å². The zero-order valence-corrected chi connectivity index (χ0v) is 12.1. The number of aliphatic hydroxyl groups is 2. The van der Waals surface area contributed by atoms with Crippen molar-refractivity contribution in [2.24, 2.45) is 11.3 Å². The molecule has 0 saturated heterocycles. The van der Waals surface area contributed by atoms with E-state index in [2.05, 4.69) is 35.8 Å². The van der Waals surface area contributed by atoms with Crippen LogP contribution in [0.5, 0.6) is 0 Å². The molecular weight excluding hydrogens is 288 g/mol. The van der Waals surface area contributed by atoms with E-state index in [1.165, 1.54) is 4.88 Å². The molecule has 0 amide bonds. The normalized spacial score (nSPS) is 12.4. The average Bonchev–Trinajstić information content (AvgIpc) is 2.62. The highest BCUT2D eigenvalue weighted by molar-refractivity contribution is 9.11. The van der Waals surface area contributed by atoms with Crippen LogP contribution in [0.4, 0.5) is 0 Å². The number of hydrogen-bond acceptors (Lipinski definition) is 3. The van der Waals surface area contributed by atoms with E-state index in [0.29, 0.717) is 5.92 Å². The van der Waals surface area contributed by atoms with Gasteiger partial charge in [0.2, 0.25) is 0 Å². The third kappa shape index (κ3) is 3.84. The first-order valence-corrected chi connectivity index (χ1v) is 7.08. The van der Waals surface area contributed by atoms with E-state index in [-0.39, 0.29) is 18.6 Å². The zero-order chi connectivity index (χ0) is 12.2. The molecule has 0 spiro atoms. The van der Waals surface area contributed by atoms with Crippen molar-refractivity contribution in [1.29, 1.82) is 0 Å². The van der Waals surface area contributed by atoms with Crippen LogP contribution in [-0.2, 0) is 6.42 Å². The van der Waals surface area contributed by atoms with Crippen LogP contribution < -0.4 is 0 Å². The Morgan fingerprint density at radius 3 is 2.31 bits per heavy atom. The molecule has 92 valence electrons. The van der Waals surface area contributed by atoms with Crippen molar-refractivity contribution in [3.63, 3.8) is 0 Å². The molecule has 2 N–H and O–H groups in total. The summed E-state index contributed by atoms with van der Waals surface area (Å²) in [6, 6.07) is 4.06. The summed E-state index contributed by atoms with van der Waals surface area (Å²) in [7, 11) is 0. The Bertz CT molecular complexity index is 319. The highest BCUT2D eigenvalue weighted by Gasteiger charge is 2.30. The molecule has 2 nitrogen and oxygen atoms in total. The number of thiophene rings is 1. The second kappa shape index (κ2) is 6.15. The fourth-order valence-corrected chi connectivity index (χ4v) is 3.70. The fourth-order valence-electron chi connectivity index (χ4n) is 2.05. The van der Waals surface area contributed by atoms with Gasteiger partial charge in [-0.2, -0.15) is 0 Å². The van der Waals surface area contributed by atoms with E-state index in [4.69, 9.17) is 0 Å². The summed E-state index contributed by atoms with van der Waals surface area (Å²) >= 11 is 5.09. The maximum absolute atomic E-state index is 9.53. The molecule has 1 rings (SSSR count). The molecule has 0 fully saturated rings. The summed E-state index contributed by atoms with van der Waals surface area (Å²) < 4.78 is 1.09. The maximum atomic E-state index is 9.53. The molecule has 0 unspecified atom stereocenters. The lowest BCUT2D eigenvalue weighted by molar-refractivity contribution is 0.0376. The molecule has 0 aromatic carbocycles. The minimum absolute atomic E-state index is 0.0389. The Balaban J connectivity index is 2.77. The van der Waals surface area contributed by atoms with E-state index in [9.17, 15) is 10.2 Å². The Morgan fingerprint density at radius 1 is 1.31 bits per heavy atom. The minimum atomic E-state index is -0.377. The monoisotopic (exact) mass is 306 g/mol. The van der Waals surface area contributed by atoms with Crippen molar-refractivity contribution in [1.82, 2.24) is 0 Å². The smallest absolute Gasteiger partial charge is 0.0701 e. The first-order valence-electron chi connectivity index (χ1n) is 5.47. The summed E-state index contributed by atoms with van der Waals surface area (Å²) in [5.41, 5.74) is -0.377. The Morgan fingerprint density at radius 2 is 1.94 bits per heavy atom. The molecule has 0 aliphatic rings. The number of halogens is 1. The quantitative estimate of drug-likeness (QED) is 0.848. The van der Waals surface area contributed by atoms with Gasteiger partial charge in [-0.25, -0.2) is 0 Å². The fraction of sp³-hybridized carbons (Fsp3) is 0.667. The van der Waals surface area contributed by atoms with Crippen molar-refractivity contribution >= 4 is 27.3 Å². The van der Waals surface area contributed by atoms with Gasteiger partial charge in [-0.05, 0) is 46.8 Å². The standard InChI is InChI=1S/C12H19BrO2S/c1-9(2)5-12(7-14,8-15)6-10-3-4-11(13)16-10/h3-4,9,14-15H,5-8H2,1-2H3. The van der Waals surface area contributed by atoms with Gasteiger partial charge in [-0.1, -0.05) is 13.8 Å². The highest BCUT2D eigenvalue weighted by atomic mass is 79.9. The SMILES string of the molecule is CC(C)CC(CO)(CO)Cc1ccc(Br)s1. The van der Waals surface area contributed by atoms with Gasteiger partial charge in [0.05, 0.1) is 17.0 Å². The van der Waals surface area contributed by atoms with Crippen molar-refractivity contribution < 1.29 is 10.2 Å². The Labute approximate surface area is 109 Å². The van der Waals surface area contributed by atoms with Crippen LogP contribution in [0, 0.1) is 11.3 Å². The predicted molar refractivity (Wildman–Crippen MR) is 71.8 cm³/mol. The summed E-state index contributed by atoms with van der Waals surface area (Å²) in [4.78, 5) is 1.20. The number of aliphatic hydroxyl groups excluding tert-OH is 2. The third-order valence-corrected chi connectivity index (χ3v) is 4.31. The van der Waals surface area contributed by atoms with Gasteiger partial charge >= 0.3 is 0 Å². The summed E-state index contributed by atoms with van der Waals surface area (Å²) in [6.45, 7) is 4.31. The van der Waals surface area contributed by atoms with Crippen LogP contribution in [-0.4, -0.2) is 23.4 Å². The Hall–Kier alpha value is 0.1000. The van der Waals surface area contributed by atoms with Gasteiger partial charge in [0.15, 0.2) is 0 Å². The van der Waals surface area contributed by atoms with Crippen LogP contribution in [0.15, 0.2) is 15.9 Å². The lowest BCUT2D eigenvalue weighted by Crippen LogP contribution is -2.33. The minimum Gasteiger partial charge on any atom is -0.396 e. The van der Waals surface area contributed by atoms with Crippen molar-refractivity contribution in [3.05, 3.63) is 20.8 Å². The summed E-state index contributed by atoms with van der Waals surface area (Å²) in [5, 5.41) is 19.1. The van der Waals surface area contributed by atoms with E-state index in [1.54, 1.807) is 11.3 Å². The van der Waals surface area contributed by atoms with Gasteiger partial charge in [0.1, 0.15) is 0 Å². The molecule has 0 atom stereocenters. The predicted octanol–water partition coefficient (Wildman–Crippen LogP) is 3.07. The summed E-state index contributed by atoms with van der Waals surface area (Å²) in [5.74, 6) is 0.475. The van der Waals surface area contributed by atoms with Gasteiger partial charge in [-0.15, -0.1) is 11.3 Å². The van der Waals surface area contributed by atoms with Crippen LogP contribution in [0.25, 0.3) is 0 Å². The van der Waals surface area contributed by atoms with E-state index < -0.39 is 0 Å². The second-order valence-electron chi connectivity index (χ2n) is 4.80. The zero-order valence-electron chi connectivity index (χ0n) is 9.74. The summed E-state index contributed by atoms with van der Waals surface area (Å²) in [6.07, 6.45) is 1.59. The highest BCUT2D eigenvalue weighted by Crippen LogP contribution is 2.33. The maximum Gasteiger partial charge on any atom is 0.0701 e. The molecule has 4 heteroatoms. The molecule has 1 aromatic rings. The average molecular weight is 307 g/mol. The van der Waals surface area contributed by atoms with Gasteiger partial charge in [0, 0.05) is 10.3 Å². The van der Waals surface area contributed by atoms with Crippen LogP contribution in [0.3, 0.4) is 0 Å².